The van der Waals surface area contributed by atoms with E-state index in [0.717, 1.165) is 28.7 Å². The highest BCUT2D eigenvalue weighted by atomic mass is 16.6. The van der Waals surface area contributed by atoms with Crippen molar-refractivity contribution in [3.63, 3.8) is 0 Å². The summed E-state index contributed by atoms with van der Waals surface area (Å²) in [4.78, 5) is 144. The number of Topliss-reactive ketones (excluding diaryl/α,β-unsaturated/α-hetero) is 8. The summed E-state index contributed by atoms with van der Waals surface area (Å²) >= 11 is 0. The average Bonchev–Trinajstić information content (AvgIpc) is 0.884. The number of esters is 4. The minimum Gasteiger partial charge on any atom is -0.462 e. The summed E-state index contributed by atoms with van der Waals surface area (Å²) < 4.78 is 25.8. The van der Waals surface area contributed by atoms with Gasteiger partial charge in [0.1, 0.15) is 48.7 Å². The standard InChI is InChI=1S/C24H30N2O4.C22H26N2O5.C21H24N2O4.C20H22N2O4/c1-17(27)20(15-18-6-10-21(25)11-7-18)16-23(28)5-3-2-4-14-30-24(29)19-8-12-22(26)13-9-19;1-15(25)18(12-16-2-6-19(23)7-3-16)13-21(26)14-28-10-11-29-22(27)17-4-8-20(24)9-5-17;1-13(24)17(11-15-3-7-18(22)8-4-15)12-20(25)14(2)27-21(26)16-5-9-19(23)10-6-16;1-13(23)16(10-14-2-6-17(21)7-3-14)11-19(24)12-26-20(25)15-4-8-18(22)9-5-15/h6-13,20H,2-5,14-16,25-26H2,1H3;2-9,18H,10-14,23-24H2,1H3;3-10,14,17H,11-12,22-23H2,1-2H3;2-9,16H,10-12,21-22H2,1H3. The Balaban J connectivity index is 0.000000267. The van der Waals surface area contributed by atoms with Crippen molar-refractivity contribution in [2.45, 2.75) is 118 Å². The Morgan fingerprint density at radius 3 is 0.875 bits per heavy atom. The van der Waals surface area contributed by atoms with Crippen LogP contribution in [0.1, 0.15) is 150 Å². The molecule has 112 heavy (non-hydrogen) atoms. The average molecular weight is 1530 g/mol. The van der Waals surface area contributed by atoms with Gasteiger partial charge in [-0.25, -0.2) is 19.2 Å². The summed E-state index contributed by atoms with van der Waals surface area (Å²) in [7, 11) is 0. The molecule has 0 saturated heterocycles. The van der Waals surface area contributed by atoms with Gasteiger partial charge in [-0.2, -0.15) is 0 Å². The van der Waals surface area contributed by atoms with Crippen LogP contribution in [0.3, 0.4) is 0 Å². The Labute approximate surface area is 652 Å². The lowest BCUT2D eigenvalue weighted by atomic mass is 9.90. The van der Waals surface area contributed by atoms with Crippen molar-refractivity contribution < 1.29 is 81.2 Å². The van der Waals surface area contributed by atoms with Crippen molar-refractivity contribution in [1.82, 2.24) is 0 Å². The minimum absolute atomic E-state index is 0.00982. The molecule has 0 saturated carbocycles. The Morgan fingerprint density at radius 2 is 0.554 bits per heavy atom. The fourth-order valence-corrected chi connectivity index (χ4v) is 11.0. The number of anilines is 8. The summed E-state index contributed by atoms with van der Waals surface area (Å²) in [6, 6.07) is 54.4. The zero-order valence-electron chi connectivity index (χ0n) is 63.9. The Morgan fingerprint density at radius 1 is 0.286 bits per heavy atom. The van der Waals surface area contributed by atoms with E-state index in [-0.39, 0.29) is 110 Å². The number of hydrogen-bond acceptors (Lipinski definition) is 25. The molecule has 0 aromatic heterocycles. The molecule has 0 aliphatic carbocycles. The molecule has 25 heteroatoms. The third kappa shape index (κ3) is 34.7. The van der Waals surface area contributed by atoms with E-state index in [9.17, 15) is 57.5 Å². The molecule has 0 bridgehead atoms. The van der Waals surface area contributed by atoms with Crippen LogP contribution in [0.15, 0.2) is 194 Å². The highest BCUT2D eigenvalue weighted by Gasteiger charge is 2.27. The quantitative estimate of drug-likeness (QED) is 0.00767. The van der Waals surface area contributed by atoms with Crippen molar-refractivity contribution in [3.8, 4) is 0 Å². The van der Waals surface area contributed by atoms with Crippen LogP contribution in [-0.4, -0.2) is 109 Å². The van der Waals surface area contributed by atoms with Gasteiger partial charge in [-0.1, -0.05) is 48.5 Å². The summed E-state index contributed by atoms with van der Waals surface area (Å²) in [6.07, 6.45) is 3.95. The molecule has 0 amide bonds. The summed E-state index contributed by atoms with van der Waals surface area (Å²) in [5.74, 6) is -4.59. The summed E-state index contributed by atoms with van der Waals surface area (Å²) in [6.45, 7) is 7.36. The maximum absolute atomic E-state index is 12.5. The molecule has 0 heterocycles. The van der Waals surface area contributed by atoms with Crippen LogP contribution in [0.2, 0.25) is 0 Å². The van der Waals surface area contributed by atoms with Crippen molar-refractivity contribution in [3.05, 3.63) is 239 Å². The first-order chi connectivity index (χ1) is 53.3. The smallest absolute Gasteiger partial charge is 0.338 e. The predicted molar refractivity (Wildman–Crippen MR) is 432 cm³/mol. The van der Waals surface area contributed by atoms with Gasteiger partial charge in [0.15, 0.2) is 23.5 Å². The molecule has 592 valence electrons. The summed E-state index contributed by atoms with van der Waals surface area (Å²) in [5, 5.41) is 0. The number of carbonyl (C=O) groups is 12. The van der Waals surface area contributed by atoms with Gasteiger partial charge in [0.25, 0.3) is 0 Å². The van der Waals surface area contributed by atoms with Crippen LogP contribution < -0.4 is 45.9 Å². The second-order valence-corrected chi connectivity index (χ2v) is 27.2. The first-order valence-corrected chi connectivity index (χ1v) is 36.5. The van der Waals surface area contributed by atoms with E-state index in [1.54, 1.807) is 121 Å². The molecule has 0 aliphatic rings. The Hall–Kier alpha value is -12.6. The number of benzene rings is 8. The van der Waals surface area contributed by atoms with Gasteiger partial charge in [-0.15, -0.1) is 0 Å². The molecule has 5 atom stereocenters. The molecule has 5 unspecified atom stereocenters. The van der Waals surface area contributed by atoms with E-state index < -0.39 is 41.8 Å². The highest BCUT2D eigenvalue weighted by molar-refractivity contribution is 5.96. The van der Waals surface area contributed by atoms with Gasteiger partial charge >= 0.3 is 23.9 Å². The number of hydrogen-bond donors (Lipinski definition) is 8. The normalized spacial score (nSPS) is 11.9. The fraction of sp³-hybridized carbons (Fsp3) is 0.310. The van der Waals surface area contributed by atoms with Crippen LogP contribution >= 0.6 is 0 Å². The van der Waals surface area contributed by atoms with Gasteiger partial charge in [0.2, 0.25) is 0 Å². The number of ketones is 8. The van der Waals surface area contributed by atoms with Crippen LogP contribution in [0.25, 0.3) is 0 Å². The largest absolute Gasteiger partial charge is 0.462 e. The van der Waals surface area contributed by atoms with Crippen molar-refractivity contribution in [1.29, 1.82) is 0 Å². The van der Waals surface area contributed by atoms with Gasteiger partial charge in [-0.3, -0.25) is 38.4 Å². The third-order valence-electron chi connectivity index (χ3n) is 17.8. The third-order valence-corrected chi connectivity index (χ3v) is 17.8. The van der Waals surface area contributed by atoms with E-state index in [0.29, 0.717) is 119 Å². The summed E-state index contributed by atoms with van der Waals surface area (Å²) in [5.41, 5.74) is 55.1. The maximum atomic E-state index is 12.5. The monoisotopic (exact) mass is 1530 g/mol. The lowest BCUT2D eigenvalue weighted by Gasteiger charge is -2.17. The van der Waals surface area contributed by atoms with E-state index in [1.807, 2.05) is 48.5 Å². The first kappa shape index (κ1) is 90.0. The number of unbranched alkanes of at least 4 members (excludes halogenated alkanes) is 2. The minimum atomic E-state index is -0.941. The Kier molecular flexibility index (Phi) is 38.0. The van der Waals surface area contributed by atoms with Crippen molar-refractivity contribution in [2.24, 2.45) is 23.7 Å². The number of carbonyl (C=O) groups excluding carboxylic acids is 12. The number of rotatable bonds is 39. The molecule has 8 aromatic rings. The van der Waals surface area contributed by atoms with E-state index in [4.69, 9.17) is 69.6 Å². The molecule has 8 aromatic carbocycles. The van der Waals surface area contributed by atoms with Crippen LogP contribution in [0, 0.1) is 23.7 Å². The molecular formula is C87H102N8O17. The SMILES string of the molecule is CC(=O)C(CC(=O)C(C)OC(=O)c1ccc(N)cc1)Cc1ccc(N)cc1.CC(=O)C(CC(=O)CCCCCOC(=O)c1ccc(N)cc1)Cc1ccc(N)cc1.CC(=O)C(CC(=O)COC(=O)c1ccc(N)cc1)Cc1ccc(N)cc1.CC(=O)C(CC(=O)COCCOC(=O)c1ccc(N)cc1)Cc1ccc(N)cc1. The van der Waals surface area contributed by atoms with Gasteiger partial charge in [0.05, 0.1) is 35.5 Å². The van der Waals surface area contributed by atoms with Gasteiger partial charge < -0.3 is 69.6 Å². The van der Waals surface area contributed by atoms with Crippen molar-refractivity contribution >= 4 is 116 Å². The molecule has 25 nitrogen and oxygen atoms in total. The van der Waals surface area contributed by atoms with Crippen molar-refractivity contribution in [2.75, 3.05) is 78.9 Å². The zero-order valence-corrected chi connectivity index (χ0v) is 63.9. The topological polar surface area (TPSA) is 459 Å². The molecule has 0 fully saturated rings. The maximum Gasteiger partial charge on any atom is 0.338 e. The Bertz CT molecular complexity index is 4400. The second kappa shape index (κ2) is 47.3. The van der Waals surface area contributed by atoms with E-state index in [2.05, 4.69) is 0 Å². The van der Waals surface area contributed by atoms with E-state index >= 15 is 0 Å². The number of nitrogens with two attached hydrogens (primary N) is 8. The lowest BCUT2D eigenvalue weighted by Crippen LogP contribution is -2.28. The predicted octanol–water partition coefficient (Wildman–Crippen LogP) is 11.6. The molecule has 0 spiro atoms. The molecule has 0 aliphatic heterocycles. The van der Waals surface area contributed by atoms with Crippen LogP contribution in [0.5, 0.6) is 0 Å². The lowest BCUT2D eigenvalue weighted by molar-refractivity contribution is -0.131. The molecule has 0 radical (unpaired) electrons. The second-order valence-electron chi connectivity index (χ2n) is 27.2. The first-order valence-electron chi connectivity index (χ1n) is 36.5. The van der Waals surface area contributed by atoms with Gasteiger partial charge in [0, 0.05) is 101 Å². The highest BCUT2D eigenvalue weighted by Crippen LogP contribution is 2.23. The molecule has 16 N–H and O–H groups in total. The fourth-order valence-electron chi connectivity index (χ4n) is 11.0. The molecular weight excluding hydrogens is 1430 g/mol. The number of ether oxygens (including phenoxy) is 5. The van der Waals surface area contributed by atoms with E-state index in [1.165, 1.54) is 58.9 Å². The zero-order chi connectivity index (χ0) is 82.2. The van der Waals surface area contributed by atoms with Crippen LogP contribution in [0.4, 0.5) is 45.5 Å². The molecule has 8 rings (SSSR count). The number of nitrogen functional groups attached to an aromatic ring is 8. The van der Waals surface area contributed by atoms with Gasteiger partial charge in [-0.05, 0) is 247 Å². The van der Waals surface area contributed by atoms with Crippen LogP contribution in [-0.2, 0) is 87.7 Å².